The van der Waals surface area contributed by atoms with Crippen LogP contribution >= 0.6 is 0 Å². The minimum atomic E-state index is -0.0514. The lowest BCUT2D eigenvalue weighted by molar-refractivity contribution is 0.0322. The van der Waals surface area contributed by atoms with Crippen molar-refractivity contribution in [3.05, 3.63) is 53.1 Å². The van der Waals surface area contributed by atoms with Crippen molar-refractivity contribution in [2.75, 3.05) is 46.6 Å². The lowest BCUT2D eigenvalue weighted by Crippen LogP contribution is -2.38. The maximum Gasteiger partial charge on any atom is 0.127 e. The van der Waals surface area contributed by atoms with Crippen LogP contribution in [0.15, 0.2) is 36.4 Å². The standard InChI is InChI=1S/C24H33N3O4/c1-16-21(31-15-12-27-10-13-30-14-11-27)9-8-20(24(16)28)23-22(17(2)25-26-23)18-4-6-19(29-3)7-5-18/h4-9,17,22-23,25-26,28H,10-15H2,1-3H3. The van der Waals surface area contributed by atoms with Gasteiger partial charge in [-0.2, -0.15) is 0 Å². The van der Waals surface area contributed by atoms with Gasteiger partial charge in [-0.1, -0.05) is 12.1 Å². The molecule has 4 rings (SSSR count). The predicted octanol–water partition coefficient (Wildman–Crippen LogP) is 2.74. The van der Waals surface area contributed by atoms with Crippen LogP contribution in [0, 0.1) is 6.92 Å². The van der Waals surface area contributed by atoms with Crippen molar-refractivity contribution in [3.63, 3.8) is 0 Å². The number of hydrazine groups is 1. The summed E-state index contributed by atoms with van der Waals surface area (Å²) in [6.07, 6.45) is 0. The van der Waals surface area contributed by atoms with Crippen molar-refractivity contribution in [2.45, 2.75) is 31.8 Å². The van der Waals surface area contributed by atoms with Crippen LogP contribution in [0.3, 0.4) is 0 Å². The second-order valence-corrected chi connectivity index (χ2v) is 8.28. The molecule has 3 unspecified atom stereocenters. The van der Waals surface area contributed by atoms with Gasteiger partial charge >= 0.3 is 0 Å². The minimum Gasteiger partial charge on any atom is -0.507 e. The molecule has 0 radical (unpaired) electrons. The predicted molar refractivity (Wildman–Crippen MR) is 120 cm³/mol. The maximum atomic E-state index is 11.0. The number of phenolic OH excluding ortho intramolecular Hbond substituents is 1. The molecule has 3 N–H and O–H groups in total. The molecule has 31 heavy (non-hydrogen) atoms. The number of hydrogen-bond donors (Lipinski definition) is 3. The molecule has 0 spiro atoms. The molecule has 2 aromatic carbocycles. The van der Waals surface area contributed by atoms with Gasteiger partial charge in [-0.25, -0.2) is 5.43 Å². The highest BCUT2D eigenvalue weighted by Crippen LogP contribution is 2.43. The van der Waals surface area contributed by atoms with E-state index in [0.29, 0.717) is 6.61 Å². The van der Waals surface area contributed by atoms with Gasteiger partial charge in [0.25, 0.3) is 0 Å². The Balaban J connectivity index is 1.48. The Hall–Kier alpha value is -2.32. The average Bonchev–Trinajstić information content (AvgIpc) is 3.18. The number of aromatic hydroxyl groups is 1. The van der Waals surface area contributed by atoms with E-state index in [4.69, 9.17) is 14.2 Å². The van der Waals surface area contributed by atoms with E-state index >= 15 is 0 Å². The molecule has 2 saturated heterocycles. The normalized spacial score (nSPS) is 24.3. The van der Waals surface area contributed by atoms with Gasteiger partial charge in [0, 0.05) is 42.7 Å². The van der Waals surface area contributed by atoms with Crippen LogP contribution < -0.4 is 20.3 Å². The highest BCUT2D eigenvalue weighted by Gasteiger charge is 2.37. The maximum absolute atomic E-state index is 11.0. The van der Waals surface area contributed by atoms with E-state index in [2.05, 4.69) is 34.8 Å². The topological polar surface area (TPSA) is 75.2 Å². The second-order valence-electron chi connectivity index (χ2n) is 8.28. The Morgan fingerprint density at radius 3 is 2.55 bits per heavy atom. The number of morpholine rings is 1. The number of phenols is 1. The molecule has 0 aromatic heterocycles. The molecule has 0 aliphatic carbocycles. The van der Waals surface area contributed by atoms with Gasteiger partial charge in [0.1, 0.15) is 23.9 Å². The summed E-state index contributed by atoms with van der Waals surface area (Å²) in [5.74, 6) is 2.03. The van der Waals surface area contributed by atoms with Crippen molar-refractivity contribution in [1.82, 2.24) is 15.8 Å². The fraction of sp³-hybridized carbons (Fsp3) is 0.500. The number of methoxy groups -OCH3 is 1. The first-order valence-corrected chi connectivity index (χ1v) is 11.0. The monoisotopic (exact) mass is 427 g/mol. The molecule has 2 aliphatic rings. The Kier molecular flexibility index (Phi) is 6.97. The summed E-state index contributed by atoms with van der Waals surface area (Å²) in [6.45, 7) is 8.96. The first-order chi connectivity index (χ1) is 15.1. The molecule has 2 aromatic rings. The van der Waals surface area contributed by atoms with Crippen LogP contribution in [-0.2, 0) is 4.74 Å². The van der Waals surface area contributed by atoms with E-state index < -0.39 is 0 Å². The summed E-state index contributed by atoms with van der Waals surface area (Å²) < 4.78 is 16.7. The first-order valence-electron chi connectivity index (χ1n) is 11.0. The van der Waals surface area contributed by atoms with Gasteiger partial charge in [-0.15, -0.1) is 0 Å². The third-order valence-electron chi connectivity index (χ3n) is 6.38. The van der Waals surface area contributed by atoms with E-state index in [1.807, 2.05) is 31.2 Å². The molecule has 2 aliphatic heterocycles. The fourth-order valence-electron chi connectivity index (χ4n) is 4.49. The second kappa shape index (κ2) is 9.87. The number of rotatable bonds is 7. The molecule has 2 fully saturated rings. The Morgan fingerprint density at radius 1 is 1.10 bits per heavy atom. The molecule has 3 atom stereocenters. The zero-order valence-corrected chi connectivity index (χ0v) is 18.6. The summed E-state index contributed by atoms with van der Waals surface area (Å²) in [5, 5.41) is 11.0. The third-order valence-corrected chi connectivity index (χ3v) is 6.38. The molecule has 0 bridgehead atoms. The zero-order valence-electron chi connectivity index (χ0n) is 18.6. The van der Waals surface area contributed by atoms with Crippen LogP contribution in [0.4, 0.5) is 0 Å². The summed E-state index contributed by atoms with van der Waals surface area (Å²) in [6, 6.07) is 12.2. The molecule has 7 nitrogen and oxygen atoms in total. The smallest absolute Gasteiger partial charge is 0.127 e. The number of ether oxygens (including phenoxy) is 3. The van der Waals surface area contributed by atoms with Crippen molar-refractivity contribution < 1.29 is 19.3 Å². The number of nitrogens with one attached hydrogen (secondary N) is 2. The van der Waals surface area contributed by atoms with Gasteiger partial charge in [-0.3, -0.25) is 10.3 Å². The lowest BCUT2D eigenvalue weighted by Gasteiger charge is -2.27. The van der Waals surface area contributed by atoms with E-state index in [1.54, 1.807) is 7.11 Å². The highest BCUT2D eigenvalue weighted by atomic mass is 16.5. The highest BCUT2D eigenvalue weighted by molar-refractivity contribution is 5.51. The van der Waals surface area contributed by atoms with Crippen LogP contribution in [0.1, 0.15) is 35.6 Å². The molecule has 7 heteroatoms. The van der Waals surface area contributed by atoms with Gasteiger partial charge < -0.3 is 19.3 Å². The van der Waals surface area contributed by atoms with Crippen LogP contribution in [0.25, 0.3) is 0 Å². The molecular formula is C24H33N3O4. The Labute approximate surface area is 184 Å². The van der Waals surface area contributed by atoms with Gasteiger partial charge in [0.15, 0.2) is 0 Å². The van der Waals surface area contributed by atoms with E-state index in [1.165, 1.54) is 5.56 Å². The van der Waals surface area contributed by atoms with Crippen molar-refractivity contribution in [1.29, 1.82) is 0 Å². The molecule has 2 heterocycles. The summed E-state index contributed by atoms with van der Waals surface area (Å²) in [7, 11) is 1.67. The van der Waals surface area contributed by atoms with Crippen molar-refractivity contribution in [3.8, 4) is 17.2 Å². The third kappa shape index (κ3) is 4.80. The SMILES string of the molecule is COc1ccc(C2C(C)NNC2c2ccc(OCCN3CCOCC3)c(C)c2O)cc1. The van der Waals surface area contributed by atoms with Gasteiger partial charge in [0.2, 0.25) is 0 Å². The fourth-order valence-corrected chi connectivity index (χ4v) is 4.49. The molecular weight excluding hydrogens is 394 g/mol. The largest absolute Gasteiger partial charge is 0.507 e. The minimum absolute atomic E-state index is 0.0514. The number of nitrogens with zero attached hydrogens (tertiary/aromatic N) is 1. The summed E-state index contributed by atoms with van der Waals surface area (Å²) in [5.41, 5.74) is 9.55. The summed E-state index contributed by atoms with van der Waals surface area (Å²) in [4.78, 5) is 2.34. The molecule has 168 valence electrons. The van der Waals surface area contributed by atoms with Crippen LogP contribution in [0.2, 0.25) is 0 Å². The summed E-state index contributed by atoms with van der Waals surface area (Å²) >= 11 is 0. The lowest BCUT2D eigenvalue weighted by atomic mass is 9.83. The number of benzene rings is 2. The van der Waals surface area contributed by atoms with E-state index in [0.717, 1.165) is 55.5 Å². The van der Waals surface area contributed by atoms with E-state index in [9.17, 15) is 5.11 Å². The zero-order chi connectivity index (χ0) is 21.8. The van der Waals surface area contributed by atoms with Gasteiger partial charge in [0.05, 0.1) is 26.4 Å². The molecule has 0 saturated carbocycles. The van der Waals surface area contributed by atoms with Crippen molar-refractivity contribution in [2.24, 2.45) is 0 Å². The quantitative estimate of drug-likeness (QED) is 0.627. The Bertz CT molecular complexity index is 868. The van der Waals surface area contributed by atoms with Gasteiger partial charge in [-0.05, 0) is 43.7 Å². The molecule has 0 amide bonds. The average molecular weight is 428 g/mol. The number of hydrogen-bond acceptors (Lipinski definition) is 7. The first kappa shape index (κ1) is 21.9. The van der Waals surface area contributed by atoms with Crippen LogP contribution in [-0.4, -0.2) is 62.6 Å². The Morgan fingerprint density at radius 2 is 1.84 bits per heavy atom. The van der Waals surface area contributed by atoms with Crippen molar-refractivity contribution >= 4 is 0 Å². The van der Waals surface area contributed by atoms with Crippen LogP contribution in [0.5, 0.6) is 17.2 Å². The van der Waals surface area contributed by atoms with E-state index in [-0.39, 0.29) is 23.8 Å².